The van der Waals surface area contributed by atoms with Gasteiger partial charge >= 0.3 is 0 Å². The van der Waals surface area contributed by atoms with Crippen molar-refractivity contribution in [3.05, 3.63) is 180 Å². The van der Waals surface area contributed by atoms with E-state index in [9.17, 15) is 5.26 Å². The first kappa shape index (κ1) is 31.6. The van der Waals surface area contributed by atoms with Gasteiger partial charge in [-0.25, -0.2) is 15.0 Å². The van der Waals surface area contributed by atoms with E-state index in [1.807, 2.05) is 103 Å². The number of nitriles is 1. The second kappa shape index (κ2) is 14.1. The molecule has 1 heterocycles. The van der Waals surface area contributed by atoms with Crippen molar-refractivity contribution < 1.29 is 0 Å². The van der Waals surface area contributed by atoms with E-state index >= 15 is 0 Å². The van der Waals surface area contributed by atoms with Crippen molar-refractivity contribution in [2.24, 2.45) is 0 Å². The van der Waals surface area contributed by atoms with Crippen LogP contribution < -0.4 is 0 Å². The highest BCUT2D eigenvalue weighted by Crippen LogP contribution is 2.42. The molecule has 0 amide bonds. The Bertz CT molecular complexity index is 2410. The molecule has 4 heteroatoms. The van der Waals surface area contributed by atoms with Gasteiger partial charge in [0.1, 0.15) is 6.07 Å². The Balaban J connectivity index is 1.12. The predicted octanol–water partition coefficient (Wildman–Crippen LogP) is 11.7. The minimum absolute atomic E-state index is 0.592. The van der Waals surface area contributed by atoms with E-state index in [4.69, 9.17) is 15.0 Å². The van der Waals surface area contributed by atoms with Crippen LogP contribution in [0.25, 0.3) is 68.1 Å². The van der Waals surface area contributed by atoms with E-state index in [-0.39, 0.29) is 0 Å². The highest BCUT2D eigenvalue weighted by molar-refractivity contribution is 5.84. The molecule has 0 aliphatic heterocycles. The van der Waals surface area contributed by atoms with Gasteiger partial charge in [0.2, 0.25) is 0 Å². The van der Waals surface area contributed by atoms with Crippen molar-refractivity contribution in [2.45, 2.75) is 25.7 Å². The summed E-state index contributed by atoms with van der Waals surface area (Å²) in [4.78, 5) is 14.6. The van der Waals surface area contributed by atoms with E-state index in [1.54, 1.807) is 0 Å². The average Bonchev–Trinajstić information content (AvgIpc) is 4.06. The van der Waals surface area contributed by atoms with Gasteiger partial charge in [0.25, 0.3) is 0 Å². The molecule has 0 spiro atoms. The zero-order valence-corrected chi connectivity index (χ0v) is 28.3. The van der Waals surface area contributed by atoms with Crippen LogP contribution in [0.1, 0.15) is 47.9 Å². The van der Waals surface area contributed by atoms with Crippen LogP contribution in [0.15, 0.2) is 157 Å². The minimum atomic E-state index is 0.592. The summed E-state index contributed by atoms with van der Waals surface area (Å²) in [6, 6.07) is 53.6. The molecule has 4 nitrogen and oxygen atoms in total. The fourth-order valence-electron chi connectivity index (χ4n) is 6.49. The fraction of sp³-hybridized carbons (Fsp3) is 0.0851. The van der Waals surface area contributed by atoms with Gasteiger partial charge in [-0.3, -0.25) is 0 Å². The molecular weight excluding hydrogens is 621 g/mol. The summed E-state index contributed by atoms with van der Waals surface area (Å²) in [5, 5.41) is 10.5. The summed E-state index contributed by atoms with van der Waals surface area (Å²) in [7, 11) is 0. The first-order chi connectivity index (χ1) is 25.1. The van der Waals surface area contributed by atoms with E-state index in [2.05, 4.69) is 73.3 Å². The molecule has 0 bridgehead atoms. The van der Waals surface area contributed by atoms with Crippen LogP contribution in [0, 0.1) is 11.3 Å². The number of rotatable bonds is 8. The molecule has 6 aromatic carbocycles. The molecule has 1 aromatic heterocycles. The van der Waals surface area contributed by atoms with Crippen LogP contribution in [0.5, 0.6) is 0 Å². The molecule has 0 saturated heterocycles. The van der Waals surface area contributed by atoms with Gasteiger partial charge in [-0.15, -0.1) is 5.73 Å². The second-order valence-corrected chi connectivity index (χ2v) is 12.9. The van der Waals surface area contributed by atoms with Crippen molar-refractivity contribution in [3.63, 3.8) is 0 Å². The molecule has 0 radical (unpaired) electrons. The third-order valence-corrected chi connectivity index (χ3v) is 9.39. The fourth-order valence-corrected chi connectivity index (χ4v) is 6.49. The summed E-state index contributed by atoms with van der Waals surface area (Å²) in [6.07, 6.45) is 4.65. The summed E-state index contributed by atoms with van der Waals surface area (Å²) in [6.45, 7) is 2.09. The number of nitrogens with zero attached hydrogens (tertiary/aromatic N) is 4. The van der Waals surface area contributed by atoms with Gasteiger partial charge in [0.15, 0.2) is 17.5 Å². The molecule has 242 valence electrons. The molecule has 0 N–H and O–H groups in total. The SMILES string of the molecule is CC(=C=Cc1ccccc1C1CC1)c1cccc(-c2cccc(-c3ccc(-c4nc(-c5ccccc5)nc(-c5ccccc5)n4)cc3)c2C#N)c1. The molecule has 8 rings (SSSR count). The Morgan fingerprint density at radius 2 is 1.08 bits per heavy atom. The maximum absolute atomic E-state index is 10.5. The number of benzene rings is 6. The summed E-state index contributed by atoms with van der Waals surface area (Å²) in [5.74, 6) is 2.51. The van der Waals surface area contributed by atoms with Crippen molar-refractivity contribution in [1.29, 1.82) is 5.26 Å². The van der Waals surface area contributed by atoms with E-state index in [0.29, 0.717) is 29.0 Å². The van der Waals surface area contributed by atoms with E-state index in [0.717, 1.165) is 50.1 Å². The Kier molecular flexibility index (Phi) is 8.71. The van der Waals surface area contributed by atoms with Crippen molar-refractivity contribution in [3.8, 4) is 62.5 Å². The van der Waals surface area contributed by atoms with Gasteiger partial charge in [-0.05, 0) is 71.2 Å². The maximum atomic E-state index is 10.5. The van der Waals surface area contributed by atoms with Crippen LogP contribution in [0.2, 0.25) is 0 Å². The topological polar surface area (TPSA) is 62.5 Å². The van der Waals surface area contributed by atoms with Gasteiger partial charge in [0, 0.05) is 27.8 Å². The van der Waals surface area contributed by atoms with Crippen LogP contribution in [0.3, 0.4) is 0 Å². The van der Waals surface area contributed by atoms with Gasteiger partial charge in [-0.1, -0.05) is 146 Å². The first-order valence-corrected chi connectivity index (χ1v) is 17.3. The van der Waals surface area contributed by atoms with E-state index in [1.165, 1.54) is 24.0 Å². The minimum Gasteiger partial charge on any atom is -0.208 e. The number of hydrogen-bond donors (Lipinski definition) is 0. The molecular formula is C47H34N4. The molecule has 0 unspecified atom stereocenters. The van der Waals surface area contributed by atoms with E-state index < -0.39 is 0 Å². The second-order valence-electron chi connectivity index (χ2n) is 12.9. The maximum Gasteiger partial charge on any atom is 0.164 e. The lowest BCUT2D eigenvalue weighted by Crippen LogP contribution is -2.00. The molecule has 1 aliphatic rings. The quantitative estimate of drug-likeness (QED) is 0.153. The number of hydrogen-bond acceptors (Lipinski definition) is 4. The molecule has 1 aliphatic carbocycles. The zero-order valence-electron chi connectivity index (χ0n) is 28.3. The van der Waals surface area contributed by atoms with Crippen LogP contribution in [-0.2, 0) is 0 Å². The highest BCUT2D eigenvalue weighted by Gasteiger charge is 2.25. The van der Waals surface area contributed by atoms with Gasteiger partial charge < -0.3 is 0 Å². The third-order valence-electron chi connectivity index (χ3n) is 9.39. The Morgan fingerprint density at radius 3 is 1.69 bits per heavy atom. The van der Waals surface area contributed by atoms with Crippen LogP contribution >= 0.6 is 0 Å². The average molecular weight is 655 g/mol. The number of allylic oxidation sites excluding steroid dienone is 1. The Labute approximate surface area is 298 Å². The van der Waals surface area contributed by atoms with Gasteiger partial charge in [0.05, 0.1) is 5.56 Å². The Hall–Kier alpha value is -6.66. The molecule has 51 heavy (non-hydrogen) atoms. The molecule has 7 aromatic rings. The summed E-state index contributed by atoms with van der Waals surface area (Å²) >= 11 is 0. The standard InChI is InChI=1S/C47H34N4/c1-32(22-23-33-12-8-9-19-41(33)34-24-25-34)39-17-10-18-40(30-39)43-21-11-20-42(44(43)31-48)35-26-28-38(29-27-35)47-50-45(36-13-4-2-5-14-36)49-46(51-47)37-15-6-3-7-16-37/h2-21,23,26-30,34H,24-25H2,1H3. The van der Waals surface area contributed by atoms with Crippen LogP contribution in [-0.4, -0.2) is 15.0 Å². The Morgan fingerprint density at radius 1 is 0.569 bits per heavy atom. The molecule has 1 saturated carbocycles. The molecule has 0 atom stereocenters. The normalized spacial score (nSPS) is 12.1. The first-order valence-electron chi connectivity index (χ1n) is 17.3. The molecule has 1 fully saturated rings. The van der Waals surface area contributed by atoms with Crippen molar-refractivity contribution >= 4 is 11.6 Å². The lowest BCUT2D eigenvalue weighted by molar-refractivity contribution is 1.07. The lowest BCUT2D eigenvalue weighted by atomic mass is 9.91. The summed E-state index contributed by atoms with van der Waals surface area (Å²) in [5.41, 5.74) is 15.4. The zero-order chi connectivity index (χ0) is 34.6. The highest BCUT2D eigenvalue weighted by atomic mass is 15.0. The van der Waals surface area contributed by atoms with Crippen molar-refractivity contribution in [2.75, 3.05) is 0 Å². The summed E-state index contributed by atoms with van der Waals surface area (Å²) < 4.78 is 0. The van der Waals surface area contributed by atoms with Crippen molar-refractivity contribution in [1.82, 2.24) is 15.0 Å². The smallest absolute Gasteiger partial charge is 0.164 e. The number of aromatic nitrogens is 3. The lowest BCUT2D eigenvalue weighted by Gasteiger charge is -2.12. The largest absolute Gasteiger partial charge is 0.208 e. The monoisotopic (exact) mass is 654 g/mol. The van der Waals surface area contributed by atoms with Gasteiger partial charge in [-0.2, -0.15) is 5.26 Å². The third kappa shape index (κ3) is 6.80. The predicted molar refractivity (Wildman–Crippen MR) is 207 cm³/mol. The van der Waals surface area contributed by atoms with Crippen LogP contribution in [0.4, 0.5) is 0 Å².